The van der Waals surface area contributed by atoms with Gasteiger partial charge in [0, 0.05) is 11.6 Å². The summed E-state index contributed by atoms with van der Waals surface area (Å²) in [7, 11) is 3.08. The van der Waals surface area contributed by atoms with Crippen molar-refractivity contribution >= 4 is 23.5 Å². The van der Waals surface area contributed by atoms with Crippen LogP contribution in [-0.2, 0) is 20.9 Å². The van der Waals surface area contributed by atoms with Gasteiger partial charge in [0.2, 0.25) is 0 Å². The van der Waals surface area contributed by atoms with Gasteiger partial charge in [0.15, 0.2) is 24.7 Å². The summed E-state index contributed by atoms with van der Waals surface area (Å²) in [4.78, 5) is 23.6. The summed E-state index contributed by atoms with van der Waals surface area (Å²) in [6, 6.07) is 10.4. The second kappa shape index (κ2) is 10.4. The second-order valence-corrected chi connectivity index (χ2v) is 6.26. The number of benzene rings is 2. The molecule has 0 bridgehead atoms. The molecular formula is C20H22ClNO6. The van der Waals surface area contributed by atoms with E-state index in [4.69, 9.17) is 30.5 Å². The van der Waals surface area contributed by atoms with Gasteiger partial charge in [0.05, 0.1) is 14.2 Å². The molecule has 0 radical (unpaired) electrons. The minimum atomic E-state index is -0.643. The molecule has 0 atom stereocenters. The number of esters is 1. The molecule has 0 spiro atoms. The van der Waals surface area contributed by atoms with E-state index in [9.17, 15) is 9.59 Å². The van der Waals surface area contributed by atoms with Crippen molar-refractivity contribution in [3.63, 3.8) is 0 Å². The number of amides is 1. The molecule has 28 heavy (non-hydrogen) atoms. The summed E-state index contributed by atoms with van der Waals surface area (Å²) in [5.41, 5.74) is 1.62. The van der Waals surface area contributed by atoms with Crippen LogP contribution in [0.1, 0.15) is 11.1 Å². The van der Waals surface area contributed by atoms with Crippen LogP contribution in [0.3, 0.4) is 0 Å². The number of carbonyl (C=O) groups excluding carboxylic acids is 2. The zero-order valence-corrected chi connectivity index (χ0v) is 16.7. The molecule has 2 rings (SSSR count). The van der Waals surface area contributed by atoms with Crippen LogP contribution in [0.15, 0.2) is 36.4 Å². The second-order valence-electron chi connectivity index (χ2n) is 5.83. The Morgan fingerprint density at radius 1 is 0.964 bits per heavy atom. The van der Waals surface area contributed by atoms with Gasteiger partial charge in [-0.05, 0) is 48.4 Å². The Balaban J connectivity index is 1.73. The first-order valence-corrected chi connectivity index (χ1v) is 8.83. The first-order chi connectivity index (χ1) is 13.4. The highest BCUT2D eigenvalue weighted by Crippen LogP contribution is 2.27. The van der Waals surface area contributed by atoms with Crippen LogP contribution in [0.25, 0.3) is 0 Å². The van der Waals surface area contributed by atoms with Gasteiger partial charge in [-0.15, -0.1) is 0 Å². The quantitative estimate of drug-likeness (QED) is 0.643. The fourth-order valence-corrected chi connectivity index (χ4v) is 2.57. The molecule has 0 aromatic heterocycles. The Kier molecular flexibility index (Phi) is 7.95. The first-order valence-electron chi connectivity index (χ1n) is 8.45. The Bertz CT molecular complexity index is 839. The van der Waals surface area contributed by atoms with Crippen molar-refractivity contribution in [3.05, 3.63) is 52.5 Å². The summed E-state index contributed by atoms with van der Waals surface area (Å²) >= 11 is 5.87. The average Bonchev–Trinajstić information content (AvgIpc) is 2.69. The number of aryl methyl sites for hydroxylation is 1. The third-order valence-electron chi connectivity index (χ3n) is 3.78. The number of halogens is 1. The summed E-state index contributed by atoms with van der Waals surface area (Å²) in [5.74, 6) is 0.624. The molecule has 7 nitrogen and oxygen atoms in total. The number of methoxy groups -OCH3 is 2. The van der Waals surface area contributed by atoms with Crippen LogP contribution >= 0.6 is 11.6 Å². The van der Waals surface area contributed by atoms with Crippen LogP contribution in [0.4, 0.5) is 0 Å². The molecule has 8 heteroatoms. The predicted octanol–water partition coefficient (Wildman–Crippen LogP) is 2.90. The van der Waals surface area contributed by atoms with Crippen LogP contribution < -0.4 is 19.5 Å². The van der Waals surface area contributed by atoms with E-state index in [1.54, 1.807) is 43.5 Å². The highest BCUT2D eigenvalue weighted by Gasteiger charge is 2.10. The number of hydrogen-bond acceptors (Lipinski definition) is 6. The van der Waals surface area contributed by atoms with Gasteiger partial charge in [-0.2, -0.15) is 0 Å². The topological polar surface area (TPSA) is 83.1 Å². The predicted molar refractivity (Wildman–Crippen MR) is 104 cm³/mol. The largest absolute Gasteiger partial charge is 0.493 e. The molecule has 0 aliphatic rings. The molecule has 1 amide bonds. The summed E-state index contributed by atoms with van der Waals surface area (Å²) in [6.07, 6.45) is 0. The van der Waals surface area contributed by atoms with E-state index in [0.29, 0.717) is 22.3 Å². The molecule has 0 aliphatic carbocycles. The summed E-state index contributed by atoms with van der Waals surface area (Å²) in [6.45, 7) is 1.38. The van der Waals surface area contributed by atoms with E-state index < -0.39 is 18.5 Å². The molecule has 150 valence electrons. The van der Waals surface area contributed by atoms with Gasteiger partial charge >= 0.3 is 5.97 Å². The normalized spacial score (nSPS) is 10.1. The standard InChI is InChI=1S/C20H22ClNO6/c1-13-8-15(21)5-7-16(13)27-12-20(24)28-11-19(23)22-10-14-4-6-17(25-2)18(9-14)26-3/h4-9H,10-12H2,1-3H3,(H,22,23). The van der Waals surface area contributed by atoms with Gasteiger partial charge in [-0.1, -0.05) is 17.7 Å². The van der Waals surface area contributed by atoms with Crippen molar-refractivity contribution in [1.29, 1.82) is 0 Å². The van der Waals surface area contributed by atoms with E-state index in [2.05, 4.69) is 5.32 Å². The van der Waals surface area contributed by atoms with Gasteiger partial charge in [0.1, 0.15) is 5.75 Å². The van der Waals surface area contributed by atoms with Crippen molar-refractivity contribution in [2.45, 2.75) is 13.5 Å². The molecule has 0 aliphatic heterocycles. The van der Waals surface area contributed by atoms with Crippen molar-refractivity contribution in [3.8, 4) is 17.2 Å². The smallest absolute Gasteiger partial charge is 0.344 e. The fourth-order valence-electron chi connectivity index (χ4n) is 2.34. The molecular weight excluding hydrogens is 386 g/mol. The number of nitrogens with one attached hydrogen (secondary N) is 1. The van der Waals surface area contributed by atoms with Gasteiger partial charge in [-0.25, -0.2) is 4.79 Å². The van der Waals surface area contributed by atoms with Crippen LogP contribution in [0, 0.1) is 6.92 Å². The lowest BCUT2D eigenvalue weighted by Gasteiger charge is -2.11. The van der Waals surface area contributed by atoms with E-state index in [1.165, 1.54) is 7.11 Å². The lowest BCUT2D eigenvalue weighted by molar-refractivity contribution is -0.150. The van der Waals surface area contributed by atoms with Crippen molar-refractivity contribution in [1.82, 2.24) is 5.32 Å². The number of carbonyl (C=O) groups is 2. The highest BCUT2D eigenvalue weighted by molar-refractivity contribution is 6.30. The third-order valence-corrected chi connectivity index (χ3v) is 4.02. The highest BCUT2D eigenvalue weighted by atomic mass is 35.5. The van der Waals surface area contributed by atoms with E-state index in [0.717, 1.165) is 11.1 Å². The zero-order chi connectivity index (χ0) is 20.5. The molecule has 0 saturated carbocycles. The first kappa shape index (κ1) is 21.4. The molecule has 0 fully saturated rings. The van der Waals surface area contributed by atoms with Gasteiger partial charge in [0.25, 0.3) is 5.91 Å². The molecule has 1 N–H and O–H groups in total. The number of ether oxygens (including phenoxy) is 4. The van der Waals surface area contributed by atoms with Crippen LogP contribution in [-0.4, -0.2) is 39.3 Å². The minimum Gasteiger partial charge on any atom is -0.493 e. The maximum Gasteiger partial charge on any atom is 0.344 e. The monoisotopic (exact) mass is 407 g/mol. The lowest BCUT2D eigenvalue weighted by atomic mass is 10.2. The molecule has 0 heterocycles. The van der Waals surface area contributed by atoms with E-state index in [-0.39, 0.29) is 13.2 Å². The Morgan fingerprint density at radius 2 is 1.68 bits per heavy atom. The molecule has 0 saturated heterocycles. The SMILES string of the molecule is COc1ccc(CNC(=O)COC(=O)COc2ccc(Cl)cc2C)cc1OC. The van der Waals surface area contributed by atoms with Crippen molar-refractivity contribution in [2.24, 2.45) is 0 Å². The Labute approximate surface area is 168 Å². The van der Waals surface area contributed by atoms with Crippen LogP contribution in [0.5, 0.6) is 17.2 Å². The number of rotatable bonds is 9. The molecule has 2 aromatic carbocycles. The molecule has 0 unspecified atom stereocenters. The average molecular weight is 408 g/mol. The van der Waals surface area contributed by atoms with Crippen LogP contribution in [0.2, 0.25) is 5.02 Å². The maximum absolute atomic E-state index is 11.9. The van der Waals surface area contributed by atoms with Crippen molar-refractivity contribution < 1.29 is 28.5 Å². The summed E-state index contributed by atoms with van der Waals surface area (Å²) in [5, 5.41) is 3.25. The number of hydrogen-bond donors (Lipinski definition) is 1. The van der Waals surface area contributed by atoms with Gasteiger partial charge < -0.3 is 24.3 Å². The van der Waals surface area contributed by atoms with E-state index in [1.807, 2.05) is 6.92 Å². The maximum atomic E-state index is 11.9. The van der Waals surface area contributed by atoms with Crippen molar-refractivity contribution in [2.75, 3.05) is 27.4 Å². The lowest BCUT2D eigenvalue weighted by Crippen LogP contribution is -2.29. The fraction of sp³-hybridized carbons (Fsp3) is 0.300. The molecule has 2 aromatic rings. The minimum absolute atomic E-state index is 0.261. The third kappa shape index (κ3) is 6.35. The Hall–Kier alpha value is -2.93. The van der Waals surface area contributed by atoms with E-state index >= 15 is 0 Å². The Morgan fingerprint density at radius 3 is 2.36 bits per heavy atom. The summed E-state index contributed by atoms with van der Waals surface area (Å²) < 4.78 is 20.7. The van der Waals surface area contributed by atoms with Gasteiger partial charge in [-0.3, -0.25) is 4.79 Å². The zero-order valence-electron chi connectivity index (χ0n) is 15.9.